The summed E-state index contributed by atoms with van der Waals surface area (Å²) in [6.07, 6.45) is 4.31. The zero-order valence-electron chi connectivity index (χ0n) is 29.8. The van der Waals surface area contributed by atoms with Crippen LogP contribution in [0.4, 0.5) is 34.3 Å². The van der Waals surface area contributed by atoms with Crippen molar-refractivity contribution in [3.8, 4) is 0 Å². The van der Waals surface area contributed by atoms with Crippen LogP contribution in [0.2, 0.25) is 0 Å². The number of pyridine rings is 1. The number of aromatic nitrogens is 1. The van der Waals surface area contributed by atoms with E-state index in [9.17, 15) is 0 Å². The molecule has 0 saturated heterocycles. The molecular weight excluding hydrogens is 613 g/mol. The van der Waals surface area contributed by atoms with E-state index in [-0.39, 0.29) is 17.5 Å². The van der Waals surface area contributed by atoms with Gasteiger partial charge in [0, 0.05) is 39.5 Å². The standard InChI is InChI=1S/C44H40BN3O2/c1-25-8-12-28(13-9-25)48-39-31-23-27(3)11-17-36(31)50-41(39)45-37-34(18-21-46-42(37)48)47(38-30-22-26(2)10-16-35(30)49-40(38)45)29-14-15-32-33(24-29)44(6,7)20-19-43(32,4)5/h8-18,21-24H,19-20H2,1-7H3. The second-order valence-electron chi connectivity index (χ2n) is 16.1. The van der Waals surface area contributed by atoms with Crippen LogP contribution in [-0.4, -0.2) is 11.7 Å². The number of aryl methyl sites for hydroxylation is 3. The fourth-order valence-corrected chi connectivity index (χ4v) is 8.93. The second kappa shape index (κ2) is 9.94. The Hall–Kier alpha value is -5.23. The van der Waals surface area contributed by atoms with Crippen LogP contribution >= 0.6 is 0 Å². The van der Waals surface area contributed by atoms with Gasteiger partial charge >= 0.3 is 6.71 Å². The molecule has 0 unspecified atom stereocenters. The van der Waals surface area contributed by atoms with Gasteiger partial charge < -0.3 is 13.7 Å². The van der Waals surface area contributed by atoms with E-state index < -0.39 is 0 Å². The van der Waals surface area contributed by atoms with E-state index in [1.54, 1.807) is 0 Å². The molecule has 0 amide bonds. The lowest BCUT2D eigenvalue weighted by Gasteiger charge is -2.43. The number of hydrogen-bond acceptors (Lipinski definition) is 5. The molecule has 6 heteroatoms. The molecule has 0 spiro atoms. The highest BCUT2D eigenvalue weighted by Gasteiger charge is 2.50. The average Bonchev–Trinajstić information content (AvgIpc) is 3.65. The first-order valence-electron chi connectivity index (χ1n) is 17.9. The Labute approximate surface area is 293 Å². The minimum Gasteiger partial charge on any atom is -0.468 e. The van der Waals surface area contributed by atoms with Crippen molar-refractivity contribution in [1.29, 1.82) is 0 Å². The van der Waals surface area contributed by atoms with Crippen molar-refractivity contribution in [1.82, 2.24) is 4.98 Å². The number of rotatable bonds is 2. The minimum absolute atomic E-state index is 0.0677. The van der Waals surface area contributed by atoms with Gasteiger partial charge in [-0.15, -0.1) is 0 Å². The molecule has 0 fully saturated rings. The van der Waals surface area contributed by atoms with E-state index in [4.69, 9.17) is 13.8 Å². The molecule has 10 rings (SSSR count). The maximum atomic E-state index is 7.02. The third kappa shape index (κ3) is 3.99. The molecule has 3 aliphatic rings. The van der Waals surface area contributed by atoms with Crippen molar-refractivity contribution in [2.24, 2.45) is 0 Å². The molecule has 0 bridgehead atoms. The van der Waals surface area contributed by atoms with E-state index in [0.29, 0.717) is 0 Å². The summed E-state index contributed by atoms with van der Waals surface area (Å²) in [5.74, 6) is 0.903. The van der Waals surface area contributed by atoms with Crippen molar-refractivity contribution in [2.75, 3.05) is 9.80 Å². The van der Waals surface area contributed by atoms with Crippen molar-refractivity contribution in [2.45, 2.75) is 72.1 Å². The molecule has 4 aromatic carbocycles. The number of fused-ring (bicyclic) bond motifs is 9. The zero-order chi connectivity index (χ0) is 34.3. The maximum Gasteiger partial charge on any atom is 0.343 e. The molecule has 50 heavy (non-hydrogen) atoms. The summed E-state index contributed by atoms with van der Waals surface area (Å²) < 4.78 is 14.0. The molecular formula is C44H40BN3O2. The Morgan fingerprint density at radius 1 is 0.600 bits per heavy atom. The van der Waals surface area contributed by atoms with Gasteiger partial charge in [-0.25, -0.2) is 4.98 Å². The predicted octanol–water partition coefficient (Wildman–Crippen LogP) is 9.93. The third-order valence-electron chi connectivity index (χ3n) is 11.7. The summed E-state index contributed by atoms with van der Waals surface area (Å²) in [6, 6.07) is 31.1. The highest BCUT2D eigenvalue weighted by atomic mass is 16.3. The Morgan fingerprint density at radius 2 is 1.16 bits per heavy atom. The maximum absolute atomic E-state index is 7.02. The summed E-state index contributed by atoms with van der Waals surface area (Å²) in [5, 5.41) is 2.18. The normalized spacial score (nSPS) is 16.7. The van der Waals surface area contributed by atoms with Gasteiger partial charge in [-0.2, -0.15) is 0 Å². The number of nitrogens with zero attached hydrogens (tertiary/aromatic N) is 3. The third-order valence-corrected chi connectivity index (χ3v) is 11.7. The van der Waals surface area contributed by atoms with E-state index in [0.717, 1.165) is 79.4 Å². The van der Waals surface area contributed by atoms with Crippen LogP contribution in [0.1, 0.15) is 68.4 Å². The van der Waals surface area contributed by atoms with Gasteiger partial charge in [0.15, 0.2) is 0 Å². The summed E-state index contributed by atoms with van der Waals surface area (Å²) in [7, 11) is 0. The van der Waals surface area contributed by atoms with Crippen LogP contribution in [0.15, 0.2) is 100.0 Å². The van der Waals surface area contributed by atoms with Gasteiger partial charge in [-0.05, 0) is 110 Å². The second-order valence-corrected chi connectivity index (χ2v) is 16.1. The summed E-state index contributed by atoms with van der Waals surface area (Å²) in [6.45, 7) is 15.7. The lowest BCUT2D eigenvalue weighted by atomic mass is 9.38. The molecule has 0 saturated carbocycles. The SMILES string of the molecule is Cc1ccc(N2c3nccc4c3B(c3oc5ccc(C)cc5c3N4c3ccc4c(c3)C(C)(C)CCC4(C)C)c3oc4ccc(C)cc4c32)cc1. The lowest BCUT2D eigenvalue weighted by Crippen LogP contribution is -2.60. The largest absolute Gasteiger partial charge is 0.468 e. The van der Waals surface area contributed by atoms with Crippen LogP contribution in [0.5, 0.6) is 0 Å². The number of hydrogen-bond donors (Lipinski definition) is 0. The smallest absolute Gasteiger partial charge is 0.343 e. The highest BCUT2D eigenvalue weighted by Crippen LogP contribution is 2.51. The topological polar surface area (TPSA) is 45.7 Å². The fourth-order valence-electron chi connectivity index (χ4n) is 8.93. The fraction of sp³-hybridized carbons (Fsp3) is 0.250. The van der Waals surface area contributed by atoms with Crippen LogP contribution in [-0.2, 0) is 10.8 Å². The first-order chi connectivity index (χ1) is 24.0. The Morgan fingerprint density at radius 3 is 1.80 bits per heavy atom. The Kier molecular flexibility index (Phi) is 5.90. The van der Waals surface area contributed by atoms with E-state index in [1.165, 1.54) is 34.2 Å². The number of furan rings is 2. The first-order valence-corrected chi connectivity index (χ1v) is 17.9. The monoisotopic (exact) mass is 653 g/mol. The zero-order valence-corrected chi connectivity index (χ0v) is 29.8. The predicted molar refractivity (Wildman–Crippen MR) is 207 cm³/mol. The Bertz CT molecular complexity index is 2560. The van der Waals surface area contributed by atoms with Crippen LogP contribution < -0.4 is 26.6 Å². The van der Waals surface area contributed by atoms with Gasteiger partial charge in [-0.3, -0.25) is 4.90 Å². The molecule has 5 nitrogen and oxygen atoms in total. The molecule has 5 heterocycles. The summed E-state index contributed by atoms with van der Waals surface area (Å²) in [5.41, 5.74) is 16.7. The van der Waals surface area contributed by atoms with Gasteiger partial charge in [0.25, 0.3) is 0 Å². The van der Waals surface area contributed by atoms with Gasteiger partial charge in [0.05, 0.1) is 11.4 Å². The first kappa shape index (κ1) is 29.7. The van der Waals surface area contributed by atoms with E-state index >= 15 is 0 Å². The van der Waals surface area contributed by atoms with Crippen molar-refractivity contribution < 1.29 is 8.83 Å². The number of benzene rings is 4. The van der Waals surface area contributed by atoms with Crippen molar-refractivity contribution in [3.63, 3.8) is 0 Å². The highest BCUT2D eigenvalue weighted by molar-refractivity contribution is 6.99. The van der Waals surface area contributed by atoms with Crippen LogP contribution in [0.25, 0.3) is 21.9 Å². The number of anilines is 6. The van der Waals surface area contributed by atoms with Gasteiger partial charge in [-0.1, -0.05) is 74.7 Å². The molecule has 0 atom stereocenters. The lowest BCUT2D eigenvalue weighted by molar-refractivity contribution is 0.332. The van der Waals surface area contributed by atoms with Crippen molar-refractivity contribution in [3.05, 3.63) is 119 Å². The molecule has 2 aliphatic heterocycles. The Balaban J connectivity index is 1.32. The molecule has 246 valence electrons. The molecule has 1 aliphatic carbocycles. The van der Waals surface area contributed by atoms with Gasteiger partial charge in [0.2, 0.25) is 0 Å². The van der Waals surface area contributed by atoms with Crippen LogP contribution in [0, 0.1) is 20.8 Å². The van der Waals surface area contributed by atoms with Crippen LogP contribution in [0.3, 0.4) is 0 Å². The molecule has 0 N–H and O–H groups in total. The molecule has 7 aromatic rings. The minimum atomic E-state index is -0.273. The van der Waals surface area contributed by atoms with Gasteiger partial charge in [0.1, 0.15) is 28.3 Å². The van der Waals surface area contributed by atoms with E-state index in [2.05, 4.69) is 143 Å². The average molecular weight is 654 g/mol. The summed E-state index contributed by atoms with van der Waals surface area (Å²) in [4.78, 5) is 9.95. The van der Waals surface area contributed by atoms with Crippen molar-refractivity contribution >= 4 is 79.7 Å². The summed E-state index contributed by atoms with van der Waals surface area (Å²) >= 11 is 0. The van der Waals surface area contributed by atoms with E-state index in [1.807, 2.05) is 6.20 Å². The molecule has 3 aromatic heterocycles. The quantitative estimate of drug-likeness (QED) is 0.174. The molecule has 0 radical (unpaired) electrons.